The number of methoxy groups -OCH3 is 1. The number of carbonyl (C=O) groups excluding carboxylic acids is 1. The largest absolute Gasteiger partial charge is 0.493 e. The predicted molar refractivity (Wildman–Crippen MR) is 73.3 cm³/mol. The second kappa shape index (κ2) is 7.14. The quantitative estimate of drug-likeness (QED) is 0.778. The Morgan fingerprint density at radius 3 is 2.68 bits per heavy atom. The average molecular weight is 264 g/mol. The molecule has 0 unspecified atom stereocenters. The molecule has 1 saturated heterocycles. The monoisotopic (exact) mass is 264 g/mol. The fourth-order valence-corrected chi connectivity index (χ4v) is 2.48. The van der Waals surface area contributed by atoms with Crippen LogP contribution < -0.4 is 14.4 Å². The van der Waals surface area contributed by atoms with Crippen LogP contribution in [0.15, 0.2) is 18.2 Å². The third-order valence-electron chi connectivity index (χ3n) is 3.60. The predicted octanol–water partition coefficient (Wildman–Crippen LogP) is 0.955. The van der Waals surface area contributed by atoms with Gasteiger partial charge in [-0.25, -0.2) is 0 Å². The molecule has 4 nitrogen and oxygen atoms in total. The molecule has 1 aromatic carbocycles. The van der Waals surface area contributed by atoms with E-state index in [0.29, 0.717) is 23.7 Å². The first kappa shape index (κ1) is 13.9. The van der Waals surface area contributed by atoms with Gasteiger partial charge in [-0.05, 0) is 37.5 Å². The standard InChI is InChI=1S/C15H21NO3/c1-18-15-11-13(12-17)5-6-14(15)19-10-9-16-7-3-2-4-8-16/h5-6,11-12H,2-4,7-10H2,1H3/p+1. The lowest BCUT2D eigenvalue weighted by Crippen LogP contribution is -3.13. The minimum atomic E-state index is 0.603. The third-order valence-corrected chi connectivity index (χ3v) is 3.60. The van der Waals surface area contributed by atoms with Gasteiger partial charge >= 0.3 is 0 Å². The summed E-state index contributed by atoms with van der Waals surface area (Å²) in [5, 5.41) is 0. The molecule has 0 aromatic heterocycles. The number of piperidine rings is 1. The van der Waals surface area contributed by atoms with Crippen LogP contribution >= 0.6 is 0 Å². The molecule has 0 bridgehead atoms. The van der Waals surface area contributed by atoms with E-state index in [9.17, 15) is 4.79 Å². The maximum absolute atomic E-state index is 10.7. The molecule has 0 radical (unpaired) electrons. The maximum Gasteiger partial charge on any atom is 0.161 e. The summed E-state index contributed by atoms with van der Waals surface area (Å²) in [4.78, 5) is 12.3. The lowest BCUT2D eigenvalue weighted by Gasteiger charge is -2.23. The van der Waals surface area contributed by atoms with Crippen LogP contribution in [0.4, 0.5) is 0 Å². The van der Waals surface area contributed by atoms with Gasteiger partial charge in [-0.2, -0.15) is 0 Å². The van der Waals surface area contributed by atoms with Crippen molar-refractivity contribution in [2.24, 2.45) is 0 Å². The molecule has 1 N–H and O–H groups in total. The molecule has 104 valence electrons. The number of hydrogen-bond acceptors (Lipinski definition) is 3. The molecule has 1 fully saturated rings. The first-order valence-electron chi connectivity index (χ1n) is 6.93. The number of hydrogen-bond donors (Lipinski definition) is 1. The highest BCUT2D eigenvalue weighted by Crippen LogP contribution is 2.27. The third kappa shape index (κ3) is 3.96. The number of carbonyl (C=O) groups is 1. The van der Waals surface area contributed by atoms with E-state index in [4.69, 9.17) is 9.47 Å². The van der Waals surface area contributed by atoms with Crippen molar-refractivity contribution in [1.29, 1.82) is 0 Å². The fourth-order valence-electron chi connectivity index (χ4n) is 2.48. The van der Waals surface area contributed by atoms with Crippen LogP contribution in [0.1, 0.15) is 29.6 Å². The van der Waals surface area contributed by atoms with Crippen molar-refractivity contribution in [3.8, 4) is 11.5 Å². The number of likely N-dealkylation sites (tertiary alicyclic amines) is 1. The van der Waals surface area contributed by atoms with Gasteiger partial charge < -0.3 is 14.4 Å². The zero-order chi connectivity index (χ0) is 13.5. The second-order valence-corrected chi connectivity index (χ2v) is 4.94. The van der Waals surface area contributed by atoms with E-state index in [1.54, 1.807) is 30.2 Å². The van der Waals surface area contributed by atoms with E-state index in [-0.39, 0.29) is 0 Å². The molecule has 0 atom stereocenters. The lowest BCUT2D eigenvalue weighted by molar-refractivity contribution is -0.904. The van der Waals surface area contributed by atoms with Gasteiger partial charge in [-0.1, -0.05) is 0 Å². The first-order chi connectivity index (χ1) is 9.33. The molecule has 0 saturated carbocycles. The normalized spacial score (nSPS) is 16.1. The van der Waals surface area contributed by atoms with Gasteiger partial charge in [-0.3, -0.25) is 4.79 Å². The van der Waals surface area contributed by atoms with Crippen molar-refractivity contribution in [1.82, 2.24) is 0 Å². The number of benzene rings is 1. The van der Waals surface area contributed by atoms with Crippen LogP contribution in [0.3, 0.4) is 0 Å². The van der Waals surface area contributed by atoms with Crippen molar-refractivity contribution in [2.75, 3.05) is 33.4 Å². The summed E-state index contributed by atoms with van der Waals surface area (Å²) in [5.74, 6) is 1.34. The van der Waals surface area contributed by atoms with Gasteiger partial charge in [-0.15, -0.1) is 0 Å². The van der Waals surface area contributed by atoms with E-state index in [0.717, 1.165) is 12.8 Å². The van der Waals surface area contributed by atoms with Crippen LogP contribution in [-0.2, 0) is 0 Å². The van der Waals surface area contributed by atoms with Crippen molar-refractivity contribution in [2.45, 2.75) is 19.3 Å². The fraction of sp³-hybridized carbons (Fsp3) is 0.533. The van der Waals surface area contributed by atoms with E-state index in [1.807, 2.05) is 0 Å². The summed E-state index contributed by atoms with van der Waals surface area (Å²) >= 11 is 0. The Morgan fingerprint density at radius 2 is 2.00 bits per heavy atom. The second-order valence-electron chi connectivity index (χ2n) is 4.94. The molecule has 2 rings (SSSR count). The Bertz CT molecular complexity index is 414. The Labute approximate surface area is 114 Å². The molecule has 1 aliphatic heterocycles. The molecule has 1 aliphatic rings. The van der Waals surface area contributed by atoms with Gasteiger partial charge in [0.05, 0.1) is 20.2 Å². The Hall–Kier alpha value is -1.55. The number of quaternary nitrogens is 1. The zero-order valence-corrected chi connectivity index (χ0v) is 11.5. The minimum absolute atomic E-state index is 0.603. The van der Waals surface area contributed by atoms with E-state index < -0.39 is 0 Å². The highest BCUT2D eigenvalue weighted by molar-refractivity contribution is 5.76. The highest BCUT2D eigenvalue weighted by atomic mass is 16.5. The molecule has 1 aromatic rings. The van der Waals surface area contributed by atoms with Crippen LogP contribution in [0, 0.1) is 0 Å². The highest BCUT2D eigenvalue weighted by Gasteiger charge is 2.13. The van der Waals surface area contributed by atoms with Crippen molar-refractivity contribution in [3.05, 3.63) is 23.8 Å². The first-order valence-corrected chi connectivity index (χ1v) is 6.93. The molecule has 19 heavy (non-hydrogen) atoms. The summed E-state index contributed by atoms with van der Waals surface area (Å²) in [6, 6.07) is 5.25. The van der Waals surface area contributed by atoms with Crippen LogP contribution in [0.25, 0.3) is 0 Å². The zero-order valence-electron chi connectivity index (χ0n) is 11.5. The topological polar surface area (TPSA) is 40.0 Å². The summed E-state index contributed by atoms with van der Waals surface area (Å²) < 4.78 is 11.0. The summed E-state index contributed by atoms with van der Waals surface area (Å²) in [7, 11) is 1.59. The van der Waals surface area contributed by atoms with Crippen LogP contribution in [0.2, 0.25) is 0 Å². The molecule has 1 heterocycles. The van der Waals surface area contributed by atoms with Gasteiger partial charge in [0.25, 0.3) is 0 Å². The van der Waals surface area contributed by atoms with Crippen molar-refractivity contribution in [3.63, 3.8) is 0 Å². The Morgan fingerprint density at radius 1 is 1.21 bits per heavy atom. The molecule has 0 spiro atoms. The number of nitrogens with one attached hydrogen (secondary N) is 1. The average Bonchev–Trinajstić information content (AvgIpc) is 2.48. The Kier molecular flexibility index (Phi) is 5.21. The smallest absolute Gasteiger partial charge is 0.161 e. The molecule has 0 aliphatic carbocycles. The summed E-state index contributed by atoms with van der Waals surface area (Å²) in [6.07, 6.45) is 4.83. The lowest BCUT2D eigenvalue weighted by atomic mass is 10.1. The van der Waals surface area contributed by atoms with Crippen molar-refractivity contribution >= 4 is 6.29 Å². The number of ether oxygens (including phenoxy) is 2. The number of aldehydes is 1. The maximum atomic E-state index is 10.7. The SMILES string of the molecule is COc1cc(C=O)ccc1OCC[NH+]1CCCCC1. The number of rotatable bonds is 6. The van der Waals surface area contributed by atoms with Crippen LogP contribution in [-0.4, -0.2) is 39.6 Å². The minimum Gasteiger partial charge on any atom is -0.493 e. The van der Waals surface area contributed by atoms with Crippen molar-refractivity contribution < 1.29 is 19.2 Å². The molecule has 0 amide bonds. The van der Waals surface area contributed by atoms with E-state index in [2.05, 4.69) is 0 Å². The Balaban J connectivity index is 1.86. The van der Waals surface area contributed by atoms with E-state index in [1.165, 1.54) is 32.4 Å². The molecule has 4 heteroatoms. The molecular formula is C15H22NO3+. The summed E-state index contributed by atoms with van der Waals surface area (Å²) in [5.41, 5.74) is 0.603. The van der Waals surface area contributed by atoms with Crippen LogP contribution in [0.5, 0.6) is 11.5 Å². The molecular weight excluding hydrogens is 242 g/mol. The van der Waals surface area contributed by atoms with Gasteiger partial charge in [0, 0.05) is 5.56 Å². The summed E-state index contributed by atoms with van der Waals surface area (Å²) in [6.45, 7) is 4.22. The van der Waals surface area contributed by atoms with E-state index >= 15 is 0 Å². The van der Waals surface area contributed by atoms with Gasteiger partial charge in [0.1, 0.15) is 19.4 Å². The van der Waals surface area contributed by atoms with Gasteiger partial charge in [0.2, 0.25) is 0 Å². The van der Waals surface area contributed by atoms with Gasteiger partial charge in [0.15, 0.2) is 11.5 Å².